The fraction of sp³-hybridized carbons (Fsp3) is 0.222. The van der Waals surface area contributed by atoms with Crippen molar-refractivity contribution in [1.29, 1.82) is 0 Å². The van der Waals surface area contributed by atoms with Crippen molar-refractivity contribution in [3.05, 3.63) is 65.5 Å². The molecule has 27 heavy (non-hydrogen) atoms. The summed E-state index contributed by atoms with van der Waals surface area (Å²) in [5, 5.41) is 7.43. The number of rotatable bonds is 6. The summed E-state index contributed by atoms with van der Waals surface area (Å²) >= 11 is 0. The molecular formula is C18H17F4N3O2. The van der Waals surface area contributed by atoms with Gasteiger partial charge in [0.15, 0.2) is 0 Å². The smallest absolute Gasteiger partial charge is 0.352 e. The van der Waals surface area contributed by atoms with Gasteiger partial charge < -0.3 is 16.0 Å². The van der Waals surface area contributed by atoms with Gasteiger partial charge in [0, 0.05) is 18.8 Å². The Morgan fingerprint density at radius 2 is 1.52 bits per heavy atom. The molecule has 0 aliphatic carbocycles. The fourth-order valence-electron chi connectivity index (χ4n) is 2.15. The summed E-state index contributed by atoms with van der Waals surface area (Å²) in [6, 6.07) is 9.02. The maximum absolute atomic E-state index is 13.4. The third-order valence-electron chi connectivity index (χ3n) is 3.51. The molecule has 0 radical (unpaired) electrons. The number of alkyl halides is 3. The maximum Gasteiger partial charge on any atom is 0.416 e. The van der Waals surface area contributed by atoms with Crippen LogP contribution in [-0.4, -0.2) is 25.0 Å². The molecule has 0 atom stereocenters. The lowest BCUT2D eigenvalue weighted by Crippen LogP contribution is -2.32. The van der Waals surface area contributed by atoms with Crippen LogP contribution in [0.3, 0.4) is 0 Å². The minimum Gasteiger partial charge on any atom is -0.352 e. The van der Waals surface area contributed by atoms with Crippen LogP contribution < -0.4 is 16.0 Å². The van der Waals surface area contributed by atoms with E-state index in [1.165, 1.54) is 18.2 Å². The van der Waals surface area contributed by atoms with Gasteiger partial charge in [-0.3, -0.25) is 4.79 Å². The van der Waals surface area contributed by atoms with Crippen molar-refractivity contribution < 1.29 is 27.2 Å². The van der Waals surface area contributed by atoms with Crippen LogP contribution in [0, 0.1) is 5.82 Å². The zero-order valence-corrected chi connectivity index (χ0v) is 14.1. The second-order valence-electron chi connectivity index (χ2n) is 5.55. The van der Waals surface area contributed by atoms with E-state index in [1.54, 1.807) is 6.07 Å². The quantitative estimate of drug-likeness (QED) is 0.525. The molecule has 2 aromatic carbocycles. The first-order valence-electron chi connectivity index (χ1n) is 8.02. The van der Waals surface area contributed by atoms with Crippen LogP contribution in [0.25, 0.3) is 0 Å². The van der Waals surface area contributed by atoms with Gasteiger partial charge in [-0.2, -0.15) is 13.2 Å². The van der Waals surface area contributed by atoms with Crippen molar-refractivity contribution in [1.82, 2.24) is 10.6 Å². The molecule has 0 saturated carbocycles. The Balaban J connectivity index is 1.68. The van der Waals surface area contributed by atoms with Crippen LogP contribution in [0.2, 0.25) is 0 Å². The van der Waals surface area contributed by atoms with Gasteiger partial charge in [-0.05, 0) is 42.8 Å². The van der Waals surface area contributed by atoms with Crippen LogP contribution in [0.5, 0.6) is 0 Å². The lowest BCUT2D eigenvalue weighted by molar-refractivity contribution is -0.137. The first-order chi connectivity index (χ1) is 12.8. The fourth-order valence-corrected chi connectivity index (χ4v) is 2.15. The highest BCUT2D eigenvalue weighted by Gasteiger charge is 2.29. The molecule has 0 heterocycles. The molecule has 0 aliphatic heterocycles. The predicted octanol–water partition coefficient (Wildman–Crippen LogP) is 3.79. The number of hydrogen-bond acceptors (Lipinski definition) is 2. The van der Waals surface area contributed by atoms with Gasteiger partial charge in [-0.15, -0.1) is 0 Å². The Kier molecular flexibility index (Phi) is 6.75. The summed E-state index contributed by atoms with van der Waals surface area (Å²) in [5.41, 5.74) is -0.655. The van der Waals surface area contributed by atoms with Crippen molar-refractivity contribution in [3.8, 4) is 0 Å². The summed E-state index contributed by atoms with van der Waals surface area (Å²) in [7, 11) is 0. The standard InChI is InChI=1S/C18H17F4N3O2/c19-15-5-2-1-4-14(15)16(26)23-10-3-11-24-17(27)25-13-8-6-12(7-9-13)18(20,21)22/h1-2,4-9H,3,10-11H2,(H,23,26)(H2,24,25,27). The highest BCUT2D eigenvalue weighted by atomic mass is 19.4. The molecule has 0 aromatic heterocycles. The van der Waals surface area contributed by atoms with Crippen molar-refractivity contribution in [2.24, 2.45) is 0 Å². The molecule has 0 fully saturated rings. The molecule has 2 aromatic rings. The Morgan fingerprint density at radius 3 is 2.15 bits per heavy atom. The van der Waals surface area contributed by atoms with Gasteiger partial charge in [0.05, 0.1) is 11.1 Å². The molecule has 144 valence electrons. The number of carbonyl (C=O) groups excluding carboxylic acids is 2. The number of halogens is 4. The molecule has 0 unspecified atom stereocenters. The van der Waals surface area contributed by atoms with Crippen LogP contribution in [0.15, 0.2) is 48.5 Å². The molecule has 0 spiro atoms. The van der Waals surface area contributed by atoms with Gasteiger partial charge in [0.2, 0.25) is 0 Å². The topological polar surface area (TPSA) is 70.2 Å². The number of anilines is 1. The number of benzene rings is 2. The Hall–Kier alpha value is -3.10. The lowest BCUT2D eigenvalue weighted by atomic mass is 10.2. The molecule has 2 rings (SSSR count). The van der Waals surface area contributed by atoms with Gasteiger partial charge in [0.1, 0.15) is 5.82 Å². The van der Waals surface area contributed by atoms with E-state index in [9.17, 15) is 27.2 Å². The molecule has 3 N–H and O–H groups in total. The Labute approximate surface area is 152 Å². The van der Waals surface area contributed by atoms with E-state index in [0.717, 1.165) is 24.3 Å². The largest absolute Gasteiger partial charge is 0.416 e. The molecule has 5 nitrogen and oxygen atoms in total. The molecule has 3 amide bonds. The minimum atomic E-state index is -4.44. The van der Waals surface area contributed by atoms with Crippen molar-refractivity contribution in [3.63, 3.8) is 0 Å². The average Bonchev–Trinajstić information content (AvgIpc) is 2.61. The summed E-state index contributed by atoms with van der Waals surface area (Å²) in [6.07, 6.45) is -4.05. The molecule has 0 bridgehead atoms. The highest BCUT2D eigenvalue weighted by Crippen LogP contribution is 2.29. The van der Waals surface area contributed by atoms with E-state index in [2.05, 4.69) is 16.0 Å². The van der Waals surface area contributed by atoms with Crippen molar-refractivity contribution >= 4 is 17.6 Å². The van der Waals surface area contributed by atoms with E-state index in [-0.39, 0.29) is 24.3 Å². The first-order valence-corrected chi connectivity index (χ1v) is 8.02. The third kappa shape index (κ3) is 6.28. The van der Waals surface area contributed by atoms with E-state index in [0.29, 0.717) is 6.42 Å². The van der Waals surface area contributed by atoms with Crippen LogP contribution >= 0.6 is 0 Å². The summed E-state index contributed by atoms with van der Waals surface area (Å²) in [5.74, 6) is -1.17. The lowest BCUT2D eigenvalue weighted by Gasteiger charge is -2.10. The zero-order chi connectivity index (χ0) is 19.9. The Bertz CT molecular complexity index is 792. The second-order valence-corrected chi connectivity index (χ2v) is 5.55. The van der Waals surface area contributed by atoms with E-state index in [1.807, 2.05) is 0 Å². The summed E-state index contributed by atoms with van der Waals surface area (Å²) in [6.45, 7) is 0.428. The predicted molar refractivity (Wildman–Crippen MR) is 91.8 cm³/mol. The highest BCUT2D eigenvalue weighted by molar-refractivity contribution is 5.94. The molecule has 9 heteroatoms. The number of urea groups is 1. The Morgan fingerprint density at radius 1 is 0.889 bits per heavy atom. The number of hydrogen-bond donors (Lipinski definition) is 3. The first kappa shape index (κ1) is 20.2. The SMILES string of the molecule is O=C(NCCCNC(=O)c1ccccc1F)Nc1ccc(C(F)(F)F)cc1. The summed E-state index contributed by atoms with van der Waals surface area (Å²) in [4.78, 5) is 23.4. The molecule has 0 aliphatic rings. The zero-order valence-electron chi connectivity index (χ0n) is 14.1. The van der Waals surface area contributed by atoms with Crippen molar-refractivity contribution in [2.45, 2.75) is 12.6 Å². The normalized spacial score (nSPS) is 11.0. The van der Waals surface area contributed by atoms with Crippen molar-refractivity contribution in [2.75, 3.05) is 18.4 Å². The van der Waals surface area contributed by atoms with Gasteiger partial charge in [0.25, 0.3) is 5.91 Å². The van der Waals surface area contributed by atoms with Crippen LogP contribution in [0.1, 0.15) is 22.3 Å². The monoisotopic (exact) mass is 383 g/mol. The number of carbonyl (C=O) groups is 2. The van der Waals surface area contributed by atoms with E-state index >= 15 is 0 Å². The third-order valence-corrected chi connectivity index (χ3v) is 3.51. The summed E-state index contributed by atoms with van der Waals surface area (Å²) < 4.78 is 50.8. The number of nitrogens with one attached hydrogen (secondary N) is 3. The van der Waals surface area contributed by atoms with E-state index in [4.69, 9.17) is 0 Å². The number of amides is 3. The van der Waals surface area contributed by atoms with Crippen LogP contribution in [0.4, 0.5) is 28.0 Å². The second kappa shape index (κ2) is 9.02. The maximum atomic E-state index is 13.4. The van der Waals surface area contributed by atoms with Crippen LogP contribution in [-0.2, 0) is 6.18 Å². The van der Waals surface area contributed by atoms with Gasteiger partial charge in [-0.1, -0.05) is 12.1 Å². The average molecular weight is 383 g/mol. The van der Waals surface area contributed by atoms with Gasteiger partial charge >= 0.3 is 12.2 Å². The van der Waals surface area contributed by atoms with E-state index < -0.39 is 29.5 Å². The minimum absolute atomic E-state index is 0.0643. The molecule has 0 saturated heterocycles. The molecular weight excluding hydrogens is 366 g/mol. The van der Waals surface area contributed by atoms with Gasteiger partial charge in [-0.25, -0.2) is 9.18 Å².